The maximum absolute atomic E-state index is 5.51. The molecule has 1 fully saturated rings. The Morgan fingerprint density at radius 3 is 2.62 bits per heavy atom. The lowest BCUT2D eigenvalue weighted by molar-refractivity contribution is 0.260. The summed E-state index contributed by atoms with van der Waals surface area (Å²) >= 11 is 0. The Morgan fingerprint density at radius 1 is 1.23 bits per heavy atom. The Kier molecular flexibility index (Phi) is 2.50. The first-order chi connectivity index (χ1) is 6.40. The van der Waals surface area contributed by atoms with Gasteiger partial charge in [0.15, 0.2) is 0 Å². The van der Waals surface area contributed by atoms with E-state index in [-0.39, 0.29) is 6.10 Å². The first-order valence-electron chi connectivity index (χ1n) is 4.52. The van der Waals surface area contributed by atoms with Crippen molar-refractivity contribution in [2.45, 2.75) is 18.6 Å². The van der Waals surface area contributed by atoms with Crippen LogP contribution in [0.25, 0.3) is 0 Å². The lowest BCUT2D eigenvalue weighted by Crippen LogP contribution is -2.06. The minimum atomic E-state index is 0.262. The van der Waals surface area contributed by atoms with Crippen molar-refractivity contribution in [2.75, 3.05) is 6.61 Å². The van der Waals surface area contributed by atoms with Crippen LogP contribution in [0, 0.1) is 6.92 Å². The van der Waals surface area contributed by atoms with Gasteiger partial charge in [-0.3, -0.25) is 0 Å². The molecule has 0 N–H and O–H groups in total. The summed E-state index contributed by atoms with van der Waals surface area (Å²) in [4.78, 5) is 0. The van der Waals surface area contributed by atoms with Crippen molar-refractivity contribution in [3.05, 3.63) is 37.3 Å². The van der Waals surface area contributed by atoms with E-state index in [0.29, 0.717) is 12.7 Å². The molecular formula is C11H13O2. The third-order valence-electron chi connectivity index (χ3n) is 2.13. The van der Waals surface area contributed by atoms with Crippen LogP contribution in [0.4, 0.5) is 0 Å². The van der Waals surface area contributed by atoms with Crippen LogP contribution in [0.1, 0.15) is 6.42 Å². The van der Waals surface area contributed by atoms with E-state index in [0.717, 1.165) is 12.2 Å². The summed E-state index contributed by atoms with van der Waals surface area (Å²) in [5.41, 5.74) is 0. The molecule has 0 bridgehead atoms. The fraction of sp³-hybridized carbons (Fsp3) is 0.364. The molecule has 1 radical (unpaired) electrons. The molecule has 69 valence electrons. The summed E-state index contributed by atoms with van der Waals surface area (Å²) < 4.78 is 10.8. The van der Waals surface area contributed by atoms with Gasteiger partial charge in [0.2, 0.25) is 0 Å². The highest BCUT2D eigenvalue weighted by Gasteiger charge is 2.37. The van der Waals surface area contributed by atoms with Gasteiger partial charge in [0.25, 0.3) is 0 Å². The van der Waals surface area contributed by atoms with Crippen LogP contribution in [-0.2, 0) is 4.74 Å². The Bertz CT molecular complexity index is 258. The van der Waals surface area contributed by atoms with Crippen molar-refractivity contribution in [3.63, 3.8) is 0 Å². The Balaban J connectivity index is 1.75. The van der Waals surface area contributed by atoms with Gasteiger partial charge in [-0.05, 0) is 18.6 Å². The molecular weight excluding hydrogens is 164 g/mol. The summed E-state index contributed by atoms with van der Waals surface area (Å²) in [5, 5.41) is 0. The molecule has 1 aromatic rings. The van der Waals surface area contributed by atoms with Crippen LogP contribution in [0.2, 0.25) is 0 Å². The minimum absolute atomic E-state index is 0.262. The van der Waals surface area contributed by atoms with Crippen LogP contribution >= 0.6 is 0 Å². The molecule has 1 heterocycles. The zero-order valence-electron chi connectivity index (χ0n) is 7.48. The monoisotopic (exact) mass is 177 g/mol. The smallest absolute Gasteiger partial charge is 0.119 e. The van der Waals surface area contributed by atoms with E-state index < -0.39 is 0 Å². The van der Waals surface area contributed by atoms with E-state index in [1.807, 2.05) is 30.3 Å². The molecule has 1 aliphatic heterocycles. The molecule has 1 aromatic carbocycles. The zero-order valence-corrected chi connectivity index (χ0v) is 7.48. The van der Waals surface area contributed by atoms with Gasteiger partial charge in [-0.2, -0.15) is 0 Å². The van der Waals surface area contributed by atoms with Crippen molar-refractivity contribution >= 4 is 0 Å². The first-order valence-corrected chi connectivity index (χ1v) is 4.52. The predicted octanol–water partition coefficient (Wildman–Crippen LogP) is 2.06. The zero-order chi connectivity index (χ0) is 9.10. The van der Waals surface area contributed by atoms with E-state index in [9.17, 15) is 0 Å². The van der Waals surface area contributed by atoms with E-state index in [1.54, 1.807) is 0 Å². The standard InChI is InChI=1S/C11H13O2/c1-2-10-11(13-10)8-12-9-6-4-3-5-7-9/h3-7,10-11H,1-2,8H2. The fourth-order valence-corrected chi connectivity index (χ4v) is 1.27. The lowest BCUT2D eigenvalue weighted by atomic mass is 10.3. The maximum atomic E-state index is 5.51. The van der Waals surface area contributed by atoms with E-state index in [1.165, 1.54) is 0 Å². The van der Waals surface area contributed by atoms with Gasteiger partial charge in [0, 0.05) is 0 Å². The summed E-state index contributed by atoms with van der Waals surface area (Å²) in [6, 6.07) is 9.78. The normalized spacial score (nSPS) is 25.6. The van der Waals surface area contributed by atoms with Crippen LogP contribution in [0.15, 0.2) is 30.3 Å². The summed E-state index contributed by atoms with van der Waals surface area (Å²) in [7, 11) is 0. The van der Waals surface area contributed by atoms with Gasteiger partial charge in [-0.15, -0.1) is 0 Å². The Hall–Kier alpha value is -1.02. The van der Waals surface area contributed by atoms with E-state index in [2.05, 4.69) is 6.92 Å². The molecule has 1 saturated heterocycles. The molecule has 2 atom stereocenters. The molecule has 0 spiro atoms. The number of rotatable bonds is 4. The lowest BCUT2D eigenvalue weighted by Gasteiger charge is -2.02. The third-order valence-corrected chi connectivity index (χ3v) is 2.13. The number of para-hydroxylation sites is 1. The number of benzene rings is 1. The highest BCUT2D eigenvalue weighted by atomic mass is 16.6. The quantitative estimate of drug-likeness (QED) is 0.656. The van der Waals surface area contributed by atoms with Gasteiger partial charge in [-0.25, -0.2) is 0 Å². The van der Waals surface area contributed by atoms with Gasteiger partial charge < -0.3 is 9.47 Å². The van der Waals surface area contributed by atoms with Crippen molar-refractivity contribution in [1.82, 2.24) is 0 Å². The number of hydrogen-bond acceptors (Lipinski definition) is 2. The number of hydrogen-bond donors (Lipinski definition) is 0. The highest BCUT2D eigenvalue weighted by molar-refractivity contribution is 5.21. The average molecular weight is 177 g/mol. The highest BCUT2D eigenvalue weighted by Crippen LogP contribution is 2.25. The number of ether oxygens (including phenoxy) is 2. The van der Waals surface area contributed by atoms with Crippen LogP contribution in [-0.4, -0.2) is 18.8 Å². The second-order valence-electron chi connectivity index (χ2n) is 3.13. The summed E-state index contributed by atoms with van der Waals surface area (Å²) in [6.07, 6.45) is 1.42. The first kappa shape index (κ1) is 8.57. The van der Waals surface area contributed by atoms with Gasteiger partial charge in [0.1, 0.15) is 18.5 Å². The van der Waals surface area contributed by atoms with Gasteiger partial charge in [0.05, 0.1) is 6.10 Å². The molecule has 2 unspecified atom stereocenters. The average Bonchev–Trinajstić information content (AvgIpc) is 2.95. The van der Waals surface area contributed by atoms with E-state index in [4.69, 9.17) is 9.47 Å². The Labute approximate surface area is 78.5 Å². The van der Waals surface area contributed by atoms with Crippen molar-refractivity contribution in [3.8, 4) is 5.75 Å². The molecule has 2 nitrogen and oxygen atoms in total. The fourth-order valence-electron chi connectivity index (χ4n) is 1.27. The second-order valence-corrected chi connectivity index (χ2v) is 3.13. The molecule has 0 amide bonds. The topological polar surface area (TPSA) is 21.8 Å². The molecule has 0 aliphatic carbocycles. The second kappa shape index (κ2) is 3.79. The van der Waals surface area contributed by atoms with Gasteiger partial charge >= 0.3 is 0 Å². The van der Waals surface area contributed by atoms with Crippen LogP contribution < -0.4 is 4.74 Å². The number of epoxide rings is 1. The Morgan fingerprint density at radius 2 is 2.00 bits per heavy atom. The van der Waals surface area contributed by atoms with Crippen LogP contribution in [0.5, 0.6) is 5.75 Å². The largest absolute Gasteiger partial charge is 0.491 e. The molecule has 0 aromatic heterocycles. The predicted molar refractivity (Wildman–Crippen MR) is 50.6 cm³/mol. The van der Waals surface area contributed by atoms with Crippen molar-refractivity contribution in [2.24, 2.45) is 0 Å². The summed E-state index contributed by atoms with van der Waals surface area (Å²) in [5.74, 6) is 0.904. The molecule has 2 heteroatoms. The van der Waals surface area contributed by atoms with Crippen molar-refractivity contribution in [1.29, 1.82) is 0 Å². The molecule has 0 saturated carbocycles. The van der Waals surface area contributed by atoms with Crippen LogP contribution in [0.3, 0.4) is 0 Å². The van der Waals surface area contributed by atoms with E-state index >= 15 is 0 Å². The van der Waals surface area contributed by atoms with Gasteiger partial charge in [-0.1, -0.05) is 25.1 Å². The molecule has 2 rings (SSSR count). The third kappa shape index (κ3) is 2.22. The van der Waals surface area contributed by atoms with Crippen molar-refractivity contribution < 1.29 is 9.47 Å². The molecule has 13 heavy (non-hydrogen) atoms. The SMILES string of the molecule is [CH2]CC1OC1COc1ccccc1. The molecule has 1 aliphatic rings. The minimum Gasteiger partial charge on any atom is -0.491 e. The maximum Gasteiger partial charge on any atom is 0.119 e. The summed E-state index contributed by atoms with van der Waals surface area (Å²) in [6.45, 7) is 4.42.